The predicted octanol–water partition coefficient (Wildman–Crippen LogP) is 10.8. The topological polar surface area (TPSA) is 74.8 Å². The van der Waals surface area contributed by atoms with Crippen LogP contribution >= 0.6 is 0 Å². The van der Waals surface area contributed by atoms with Crippen molar-refractivity contribution >= 4 is 34.5 Å². The first kappa shape index (κ1) is 37.2. The van der Waals surface area contributed by atoms with Gasteiger partial charge in [-0.1, -0.05) is 116 Å². The molecule has 4 aliphatic rings. The second-order valence-electron chi connectivity index (χ2n) is 16.2. The summed E-state index contributed by atoms with van der Waals surface area (Å²) in [7, 11) is 0. The van der Waals surface area contributed by atoms with Gasteiger partial charge >= 0.3 is 0 Å². The average Bonchev–Trinajstić information content (AvgIpc) is 3.72. The molecule has 278 valence electrons. The molecule has 2 aliphatic heterocycles. The Morgan fingerprint density at radius 2 is 0.833 bits per heavy atom. The van der Waals surface area contributed by atoms with Gasteiger partial charge in [-0.2, -0.15) is 0 Å². The molecule has 6 heteroatoms. The maximum absolute atomic E-state index is 13.9. The van der Waals surface area contributed by atoms with E-state index in [0.29, 0.717) is 0 Å². The summed E-state index contributed by atoms with van der Waals surface area (Å²) in [5, 5.41) is 0. The average molecular weight is 721 g/mol. The second kappa shape index (κ2) is 14.6. The molecule has 0 atom stereocenters. The Hall–Kier alpha value is -5.10. The van der Waals surface area contributed by atoms with Crippen LogP contribution in [0.25, 0.3) is 0 Å². The number of hydrogen-bond acceptors (Lipinski definition) is 6. The van der Waals surface area contributed by atoms with Crippen molar-refractivity contribution in [3.05, 3.63) is 141 Å². The number of rotatable bonds is 12. The van der Waals surface area contributed by atoms with Gasteiger partial charge in [0.25, 0.3) is 0 Å². The monoisotopic (exact) mass is 720 g/mol. The van der Waals surface area contributed by atoms with Gasteiger partial charge in [0.05, 0.1) is 11.1 Å². The van der Waals surface area contributed by atoms with E-state index in [4.69, 9.17) is 0 Å². The van der Waals surface area contributed by atoms with E-state index in [-0.39, 0.29) is 44.2 Å². The highest BCUT2D eigenvalue weighted by Gasteiger charge is 2.43. The van der Waals surface area contributed by atoms with Crippen molar-refractivity contribution in [2.24, 2.45) is 0 Å². The normalized spacial score (nSPS) is 19.3. The number of hydrogen-bond donors (Lipinski definition) is 0. The van der Waals surface area contributed by atoms with E-state index in [1.54, 1.807) is 12.2 Å². The molecule has 0 amide bonds. The molecule has 0 aromatic heterocycles. The third-order valence-corrected chi connectivity index (χ3v) is 12.0. The lowest BCUT2D eigenvalue weighted by atomic mass is 9.83. The minimum atomic E-state index is -0.415. The third kappa shape index (κ3) is 6.14. The molecule has 7 rings (SSSR count). The number of anilines is 2. The van der Waals surface area contributed by atoms with Crippen molar-refractivity contribution < 1.29 is 19.2 Å². The third-order valence-electron chi connectivity index (χ3n) is 12.0. The first-order valence-electron chi connectivity index (χ1n) is 19.9. The van der Waals surface area contributed by atoms with Crippen LogP contribution in [-0.2, 0) is 10.8 Å². The molecule has 0 N–H and O–H groups in total. The molecule has 0 fully saturated rings. The number of unbranched alkanes of at least 4 members (excludes halogenated alkanes) is 6. The van der Waals surface area contributed by atoms with Gasteiger partial charge in [0, 0.05) is 68.9 Å². The lowest BCUT2D eigenvalue weighted by molar-refractivity contribution is 0.0977. The van der Waals surface area contributed by atoms with Crippen LogP contribution in [-0.4, -0.2) is 36.2 Å². The Labute approximate surface area is 320 Å². The minimum Gasteiger partial charge on any atom is -0.344 e. The zero-order valence-electron chi connectivity index (χ0n) is 32.7. The number of fused-ring (bicyclic) bond motifs is 4. The van der Waals surface area contributed by atoms with E-state index in [1.165, 1.54) is 36.1 Å². The molecule has 2 aliphatic carbocycles. The molecule has 0 spiro atoms. The summed E-state index contributed by atoms with van der Waals surface area (Å²) in [5.41, 5.74) is 7.01. The molecule has 0 saturated heterocycles. The fourth-order valence-corrected chi connectivity index (χ4v) is 8.92. The van der Waals surface area contributed by atoms with E-state index in [0.717, 1.165) is 74.4 Å². The van der Waals surface area contributed by atoms with Gasteiger partial charge in [-0.05, 0) is 72.5 Å². The minimum absolute atomic E-state index is 0.0568. The Bertz CT molecular complexity index is 1980. The number of ketones is 4. The molecule has 54 heavy (non-hydrogen) atoms. The van der Waals surface area contributed by atoms with E-state index in [9.17, 15) is 19.2 Å². The number of carbonyl (C=O) groups excluding carboxylic acids is 4. The van der Waals surface area contributed by atoms with E-state index in [1.807, 2.05) is 24.3 Å². The first-order chi connectivity index (χ1) is 25.9. The summed E-state index contributed by atoms with van der Waals surface area (Å²) in [6.45, 7) is 14.8. The summed E-state index contributed by atoms with van der Waals surface area (Å²) in [6, 6.07) is 19.7. The van der Waals surface area contributed by atoms with E-state index < -0.39 is 23.1 Å². The zero-order chi connectivity index (χ0) is 38.4. The van der Waals surface area contributed by atoms with Crippen molar-refractivity contribution in [2.75, 3.05) is 22.9 Å². The van der Waals surface area contributed by atoms with Crippen molar-refractivity contribution in [3.63, 3.8) is 0 Å². The van der Waals surface area contributed by atoms with Gasteiger partial charge in [-0.25, -0.2) is 0 Å². The fraction of sp³-hybridized carbons (Fsp3) is 0.375. The summed E-state index contributed by atoms with van der Waals surface area (Å²) in [6.07, 6.45) is 16.2. The van der Waals surface area contributed by atoms with Crippen LogP contribution in [0.4, 0.5) is 11.4 Å². The Morgan fingerprint density at radius 3 is 1.19 bits per heavy atom. The molecule has 3 aromatic carbocycles. The SMILES string of the molecule is CCCCCCN1/C(=C/C=C2C(=O)c3cc4c(cc3C2=O)C(=O)C(=C/C=C2/N(CCCCCC)c3ccccc3C2(C)C)C4=O)C(C)(C)c2ccccc21. The Morgan fingerprint density at radius 1 is 0.481 bits per heavy atom. The zero-order valence-corrected chi connectivity index (χ0v) is 32.7. The Kier molecular flexibility index (Phi) is 10.1. The highest BCUT2D eigenvalue weighted by atomic mass is 16.2. The molecule has 0 radical (unpaired) electrons. The van der Waals surface area contributed by atoms with Gasteiger partial charge < -0.3 is 9.80 Å². The van der Waals surface area contributed by atoms with Crippen LogP contribution in [0.2, 0.25) is 0 Å². The van der Waals surface area contributed by atoms with Crippen molar-refractivity contribution in [3.8, 4) is 0 Å². The molecule has 0 saturated carbocycles. The molecular formula is C48H52N2O4. The number of nitrogens with zero attached hydrogens (tertiary/aromatic N) is 2. The predicted molar refractivity (Wildman–Crippen MR) is 218 cm³/mol. The molecule has 2 heterocycles. The van der Waals surface area contributed by atoms with Crippen LogP contribution in [0.5, 0.6) is 0 Å². The van der Waals surface area contributed by atoms with Crippen LogP contribution < -0.4 is 9.80 Å². The smallest absolute Gasteiger partial charge is 0.197 e. The maximum atomic E-state index is 13.9. The lowest BCUT2D eigenvalue weighted by Crippen LogP contribution is -2.27. The van der Waals surface area contributed by atoms with Crippen LogP contribution in [0.15, 0.2) is 108 Å². The number of benzene rings is 3. The van der Waals surface area contributed by atoms with Crippen LogP contribution in [0.3, 0.4) is 0 Å². The van der Waals surface area contributed by atoms with Gasteiger partial charge in [0.2, 0.25) is 0 Å². The molecule has 0 unspecified atom stereocenters. The number of Topliss-reactive ketones (excluding diaryl/α,β-unsaturated/α-hetero) is 4. The van der Waals surface area contributed by atoms with E-state index >= 15 is 0 Å². The first-order valence-corrected chi connectivity index (χ1v) is 19.9. The highest BCUT2D eigenvalue weighted by molar-refractivity contribution is 6.44. The second-order valence-corrected chi connectivity index (χ2v) is 16.2. The largest absolute Gasteiger partial charge is 0.344 e. The number of carbonyl (C=O) groups is 4. The summed E-state index contributed by atoms with van der Waals surface area (Å²) >= 11 is 0. The Balaban J connectivity index is 1.18. The lowest BCUT2D eigenvalue weighted by Gasteiger charge is -2.27. The van der Waals surface area contributed by atoms with Crippen molar-refractivity contribution in [1.82, 2.24) is 0 Å². The molecule has 0 bridgehead atoms. The summed E-state index contributed by atoms with van der Waals surface area (Å²) in [4.78, 5) is 60.1. The fourth-order valence-electron chi connectivity index (χ4n) is 8.92. The molecule has 3 aromatic rings. The van der Waals surface area contributed by atoms with Gasteiger partial charge in [-0.3, -0.25) is 19.2 Å². The van der Waals surface area contributed by atoms with Gasteiger partial charge in [0.1, 0.15) is 0 Å². The standard InChI is InChI=1S/C48H52N2O4/c1-7-9-11-17-27-49-39-21-15-13-19-37(39)47(3,4)41(49)25-23-31-43(51)33-29-35-36(30-34(33)44(31)52)46(54)32(45(35)53)24-26-42-48(5,6)38-20-14-16-22-40(38)50(42)28-18-12-10-8-2/h13-16,19-26,29-30H,7-12,17-18,27-28H2,1-6H3/b31-23?,32-24?,41-25+,42-26+. The summed E-state index contributed by atoms with van der Waals surface area (Å²) in [5.74, 6) is -1.66. The summed E-state index contributed by atoms with van der Waals surface area (Å²) < 4.78 is 0. The quantitative estimate of drug-likeness (QED) is 0.105. The van der Waals surface area contributed by atoms with Gasteiger partial charge in [-0.15, -0.1) is 0 Å². The van der Waals surface area contributed by atoms with Crippen molar-refractivity contribution in [1.29, 1.82) is 0 Å². The van der Waals surface area contributed by atoms with Gasteiger partial charge in [0.15, 0.2) is 23.1 Å². The van der Waals surface area contributed by atoms with Crippen molar-refractivity contribution in [2.45, 2.75) is 104 Å². The number of para-hydroxylation sites is 2. The molecular weight excluding hydrogens is 669 g/mol. The van der Waals surface area contributed by atoms with E-state index in [2.05, 4.69) is 87.7 Å². The molecule has 6 nitrogen and oxygen atoms in total. The highest BCUT2D eigenvalue weighted by Crippen LogP contribution is 2.49. The number of allylic oxidation sites excluding steroid dienone is 8. The van der Waals surface area contributed by atoms with Crippen LogP contribution in [0.1, 0.15) is 145 Å². The van der Waals surface area contributed by atoms with Crippen LogP contribution in [0, 0.1) is 0 Å². The maximum Gasteiger partial charge on any atom is 0.197 e.